The topological polar surface area (TPSA) is 46.2 Å². The fourth-order valence-corrected chi connectivity index (χ4v) is 1.83. The number of halogens is 1. The normalized spacial score (nSPS) is 15.4. The number of hydrogen-bond donors (Lipinski definition) is 1. The van der Waals surface area contributed by atoms with Gasteiger partial charge in [0.1, 0.15) is 0 Å². The van der Waals surface area contributed by atoms with E-state index in [4.69, 9.17) is 0 Å². The Balaban J connectivity index is 2.45. The molecular weight excluding hydrogens is 293 g/mol. The highest BCUT2D eigenvalue weighted by Gasteiger charge is 2.21. The highest BCUT2D eigenvalue weighted by Crippen LogP contribution is 2.19. The molecule has 70 valence electrons. The number of carbonyl (C=O) groups excluding carboxylic acids is 2. The van der Waals surface area contributed by atoms with Gasteiger partial charge in [0.15, 0.2) is 0 Å². The summed E-state index contributed by atoms with van der Waals surface area (Å²) in [6, 6.07) is 7.46. The predicted octanol–water partition coefficient (Wildman–Crippen LogP) is 1.33. The van der Waals surface area contributed by atoms with Crippen molar-refractivity contribution in [3.05, 3.63) is 39.5 Å². The average molecular weight is 299 g/mol. The molecule has 0 aromatic heterocycles. The van der Waals surface area contributed by atoms with Crippen LogP contribution >= 0.6 is 22.6 Å². The summed E-state index contributed by atoms with van der Waals surface area (Å²) < 4.78 is 1.04. The third-order valence-corrected chi connectivity index (χ3v) is 2.56. The van der Waals surface area contributed by atoms with E-state index in [0.717, 1.165) is 9.13 Å². The second-order valence-electron chi connectivity index (χ2n) is 2.89. The number of imide groups is 1. The Hall–Kier alpha value is -1.17. The number of rotatable bonds is 1. The zero-order chi connectivity index (χ0) is 10.1. The number of hydrogen-bond acceptors (Lipinski definition) is 2. The number of benzene rings is 1. The van der Waals surface area contributed by atoms with Crippen molar-refractivity contribution in [1.29, 1.82) is 0 Å². The van der Waals surface area contributed by atoms with Gasteiger partial charge in [0.25, 0.3) is 11.8 Å². The van der Waals surface area contributed by atoms with Gasteiger partial charge in [0, 0.05) is 9.65 Å². The van der Waals surface area contributed by atoms with Gasteiger partial charge in [-0.25, -0.2) is 0 Å². The van der Waals surface area contributed by atoms with Crippen LogP contribution in [0.1, 0.15) is 5.56 Å². The lowest BCUT2D eigenvalue weighted by Gasteiger charge is -1.99. The van der Waals surface area contributed by atoms with Gasteiger partial charge in [0.2, 0.25) is 0 Å². The molecule has 2 amide bonds. The summed E-state index contributed by atoms with van der Waals surface area (Å²) in [6.07, 6.45) is 1.33. The quantitative estimate of drug-likeness (QED) is 0.628. The molecule has 4 heteroatoms. The van der Waals surface area contributed by atoms with Gasteiger partial charge in [-0.1, -0.05) is 12.1 Å². The van der Waals surface area contributed by atoms with Gasteiger partial charge in [-0.2, -0.15) is 0 Å². The van der Waals surface area contributed by atoms with Crippen molar-refractivity contribution in [2.24, 2.45) is 0 Å². The molecule has 0 saturated carbocycles. The van der Waals surface area contributed by atoms with Crippen LogP contribution in [-0.2, 0) is 9.59 Å². The van der Waals surface area contributed by atoms with Gasteiger partial charge in [0.05, 0.1) is 5.57 Å². The summed E-state index contributed by atoms with van der Waals surface area (Å²) in [6.45, 7) is 0. The van der Waals surface area contributed by atoms with Crippen LogP contribution in [0.25, 0.3) is 5.57 Å². The largest absolute Gasteiger partial charge is 0.289 e. The summed E-state index contributed by atoms with van der Waals surface area (Å²) in [4.78, 5) is 22.2. The van der Waals surface area contributed by atoms with Crippen LogP contribution in [0, 0.1) is 3.57 Å². The smallest absolute Gasteiger partial charge is 0.258 e. The van der Waals surface area contributed by atoms with Crippen molar-refractivity contribution in [2.75, 3.05) is 0 Å². The summed E-state index contributed by atoms with van der Waals surface area (Å²) in [7, 11) is 0. The first kappa shape index (κ1) is 9.39. The van der Waals surface area contributed by atoms with E-state index in [0.29, 0.717) is 5.57 Å². The zero-order valence-electron chi connectivity index (χ0n) is 7.08. The molecule has 1 aromatic carbocycles. The van der Waals surface area contributed by atoms with Crippen LogP contribution in [0.3, 0.4) is 0 Å². The van der Waals surface area contributed by atoms with Crippen molar-refractivity contribution in [3.63, 3.8) is 0 Å². The van der Waals surface area contributed by atoms with Gasteiger partial charge in [-0.15, -0.1) is 0 Å². The molecule has 1 N–H and O–H groups in total. The summed E-state index contributed by atoms with van der Waals surface area (Å²) >= 11 is 2.16. The van der Waals surface area contributed by atoms with Crippen LogP contribution in [0.15, 0.2) is 30.3 Å². The average Bonchev–Trinajstić information content (AvgIpc) is 2.45. The Morgan fingerprint density at radius 2 is 2.00 bits per heavy atom. The van der Waals surface area contributed by atoms with E-state index in [1.807, 2.05) is 24.3 Å². The zero-order valence-corrected chi connectivity index (χ0v) is 9.24. The van der Waals surface area contributed by atoms with Crippen molar-refractivity contribution in [3.8, 4) is 0 Å². The number of nitrogens with one attached hydrogen (secondary N) is 1. The highest BCUT2D eigenvalue weighted by molar-refractivity contribution is 14.1. The summed E-state index contributed by atoms with van der Waals surface area (Å²) in [5.41, 5.74) is 1.22. The minimum Gasteiger partial charge on any atom is -0.289 e. The maximum atomic E-state index is 11.3. The monoisotopic (exact) mass is 299 g/mol. The lowest BCUT2D eigenvalue weighted by atomic mass is 10.1. The molecular formula is C10H6INO2. The molecule has 1 heterocycles. The van der Waals surface area contributed by atoms with Crippen LogP contribution < -0.4 is 5.32 Å². The molecule has 1 aliphatic rings. The van der Waals surface area contributed by atoms with Crippen molar-refractivity contribution < 1.29 is 9.59 Å². The highest BCUT2D eigenvalue weighted by atomic mass is 127. The predicted molar refractivity (Wildman–Crippen MR) is 60.3 cm³/mol. The van der Waals surface area contributed by atoms with E-state index in [9.17, 15) is 9.59 Å². The van der Waals surface area contributed by atoms with Crippen molar-refractivity contribution in [1.82, 2.24) is 5.32 Å². The molecule has 1 aromatic rings. The Morgan fingerprint density at radius 3 is 2.57 bits per heavy atom. The van der Waals surface area contributed by atoms with Crippen molar-refractivity contribution in [2.45, 2.75) is 0 Å². The molecule has 1 aliphatic heterocycles. The molecule has 0 bridgehead atoms. The van der Waals surface area contributed by atoms with Gasteiger partial charge in [-0.3, -0.25) is 14.9 Å². The molecule has 0 unspecified atom stereocenters. The molecule has 2 rings (SSSR count). The maximum Gasteiger partial charge on any atom is 0.258 e. The van der Waals surface area contributed by atoms with E-state index in [-0.39, 0.29) is 11.8 Å². The number of carbonyl (C=O) groups is 2. The minimum absolute atomic E-state index is 0.322. The molecule has 0 radical (unpaired) electrons. The van der Waals surface area contributed by atoms with E-state index in [1.54, 1.807) is 0 Å². The van der Waals surface area contributed by atoms with E-state index in [1.165, 1.54) is 6.08 Å². The Kier molecular flexibility index (Phi) is 2.37. The van der Waals surface area contributed by atoms with Crippen LogP contribution in [0.5, 0.6) is 0 Å². The van der Waals surface area contributed by atoms with Crippen LogP contribution in [0.2, 0.25) is 0 Å². The maximum absolute atomic E-state index is 11.3. The molecule has 0 aliphatic carbocycles. The second kappa shape index (κ2) is 3.53. The molecule has 14 heavy (non-hydrogen) atoms. The molecule has 0 saturated heterocycles. The Labute approximate surface area is 94.3 Å². The third kappa shape index (κ3) is 1.70. The number of amides is 2. The fraction of sp³-hybridized carbons (Fsp3) is 0. The van der Waals surface area contributed by atoms with Gasteiger partial charge < -0.3 is 0 Å². The lowest BCUT2D eigenvalue weighted by molar-refractivity contribution is -0.123. The first-order valence-corrected chi connectivity index (χ1v) is 5.07. The van der Waals surface area contributed by atoms with E-state index < -0.39 is 0 Å². The molecule has 0 spiro atoms. The summed E-state index contributed by atoms with van der Waals surface area (Å²) in [5, 5.41) is 2.21. The van der Waals surface area contributed by atoms with E-state index in [2.05, 4.69) is 27.9 Å². The standard InChI is InChI=1S/C10H6INO2/c11-7-3-1-2-6(4-7)8-5-9(13)12-10(8)14/h1-5H,(H,12,13,14). The van der Waals surface area contributed by atoms with Crippen molar-refractivity contribution >= 4 is 40.0 Å². The molecule has 0 fully saturated rings. The Morgan fingerprint density at radius 1 is 1.21 bits per heavy atom. The van der Waals surface area contributed by atoms with Crippen LogP contribution in [0.4, 0.5) is 0 Å². The van der Waals surface area contributed by atoms with Gasteiger partial charge >= 0.3 is 0 Å². The first-order chi connectivity index (χ1) is 6.66. The van der Waals surface area contributed by atoms with Crippen LogP contribution in [-0.4, -0.2) is 11.8 Å². The molecule has 3 nitrogen and oxygen atoms in total. The SMILES string of the molecule is O=C1C=C(c2cccc(I)c2)C(=O)N1. The third-order valence-electron chi connectivity index (χ3n) is 1.89. The van der Waals surface area contributed by atoms with E-state index >= 15 is 0 Å². The minimum atomic E-state index is -0.344. The fourth-order valence-electron chi connectivity index (χ4n) is 1.28. The van der Waals surface area contributed by atoms with Gasteiger partial charge in [-0.05, 0) is 40.3 Å². The second-order valence-corrected chi connectivity index (χ2v) is 4.13. The lowest BCUT2D eigenvalue weighted by Crippen LogP contribution is -2.21. The first-order valence-electron chi connectivity index (χ1n) is 4.00. The molecule has 0 atom stereocenters. The summed E-state index contributed by atoms with van der Waals surface area (Å²) in [5.74, 6) is -0.666. The Bertz CT molecular complexity index is 451.